The van der Waals surface area contributed by atoms with Crippen molar-refractivity contribution in [2.75, 3.05) is 0 Å². The van der Waals surface area contributed by atoms with Crippen molar-refractivity contribution in [1.82, 2.24) is 0 Å². The molecule has 102 valence electrons. The Bertz CT molecular complexity index is 584. The van der Waals surface area contributed by atoms with Crippen molar-refractivity contribution < 1.29 is 5.11 Å². The maximum atomic E-state index is 10.8. The zero-order valence-electron chi connectivity index (χ0n) is 11.7. The molecule has 0 aromatic heterocycles. The van der Waals surface area contributed by atoms with Gasteiger partial charge in [-0.15, -0.1) is 0 Å². The second kappa shape index (κ2) is 5.26. The Hall–Kier alpha value is -1.86. The second-order valence-electron chi connectivity index (χ2n) is 5.79. The third-order valence-corrected chi connectivity index (χ3v) is 4.26. The molecule has 20 heavy (non-hydrogen) atoms. The molecule has 1 nitrogen and oxygen atoms in total. The third kappa shape index (κ3) is 2.68. The monoisotopic (exact) mass is 264 g/mol. The van der Waals surface area contributed by atoms with Crippen molar-refractivity contribution in [3.05, 3.63) is 77.9 Å². The average Bonchev–Trinajstić information content (AvgIpc) is 3.28. The van der Waals surface area contributed by atoms with E-state index in [1.165, 1.54) is 5.56 Å². The molecule has 1 heteroatoms. The van der Waals surface area contributed by atoms with Crippen molar-refractivity contribution >= 4 is 6.08 Å². The SMILES string of the molecule is CC(O)(c1ccccc1)C1CC1/C=C/c1ccccc1. The predicted octanol–water partition coefficient (Wildman–Crippen LogP) is 4.24. The summed E-state index contributed by atoms with van der Waals surface area (Å²) in [7, 11) is 0. The van der Waals surface area contributed by atoms with Crippen LogP contribution < -0.4 is 0 Å². The van der Waals surface area contributed by atoms with E-state index in [1.54, 1.807) is 0 Å². The largest absolute Gasteiger partial charge is 0.385 e. The number of allylic oxidation sites excluding steroid dienone is 1. The fourth-order valence-electron chi connectivity index (χ4n) is 2.86. The van der Waals surface area contributed by atoms with E-state index < -0.39 is 5.60 Å². The molecule has 0 saturated heterocycles. The van der Waals surface area contributed by atoms with Crippen molar-refractivity contribution in [2.24, 2.45) is 11.8 Å². The van der Waals surface area contributed by atoms with Gasteiger partial charge in [0.1, 0.15) is 0 Å². The summed E-state index contributed by atoms with van der Waals surface area (Å²) in [6, 6.07) is 20.3. The van der Waals surface area contributed by atoms with Crippen LogP contribution in [0, 0.1) is 11.8 Å². The van der Waals surface area contributed by atoms with Gasteiger partial charge in [-0.25, -0.2) is 0 Å². The van der Waals surface area contributed by atoms with Crippen molar-refractivity contribution in [3.63, 3.8) is 0 Å². The van der Waals surface area contributed by atoms with Crippen LogP contribution in [0.5, 0.6) is 0 Å². The first-order chi connectivity index (χ1) is 9.68. The molecule has 0 spiro atoms. The normalized spacial score (nSPS) is 24.5. The van der Waals surface area contributed by atoms with Gasteiger partial charge in [-0.1, -0.05) is 72.8 Å². The van der Waals surface area contributed by atoms with Crippen molar-refractivity contribution in [2.45, 2.75) is 18.9 Å². The summed E-state index contributed by atoms with van der Waals surface area (Å²) in [5, 5.41) is 10.8. The van der Waals surface area contributed by atoms with E-state index in [4.69, 9.17) is 0 Å². The fraction of sp³-hybridized carbons (Fsp3) is 0.263. The van der Waals surface area contributed by atoms with Crippen LogP contribution in [0.3, 0.4) is 0 Å². The highest BCUT2D eigenvalue weighted by Crippen LogP contribution is 2.51. The summed E-state index contributed by atoms with van der Waals surface area (Å²) in [4.78, 5) is 0. The Morgan fingerprint density at radius 2 is 1.60 bits per heavy atom. The quantitative estimate of drug-likeness (QED) is 0.875. The lowest BCUT2D eigenvalue weighted by molar-refractivity contribution is 0.0296. The third-order valence-electron chi connectivity index (χ3n) is 4.26. The highest BCUT2D eigenvalue weighted by molar-refractivity contribution is 5.50. The molecular formula is C19H20O. The summed E-state index contributed by atoms with van der Waals surface area (Å²) >= 11 is 0. The Morgan fingerprint density at radius 1 is 1.00 bits per heavy atom. The summed E-state index contributed by atoms with van der Waals surface area (Å²) in [6.07, 6.45) is 5.45. The van der Waals surface area contributed by atoms with Gasteiger partial charge in [-0.3, -0.25) is 0 Å². The minimum absolute atomic E-state index is 0.324. The number of benzene rings is 2. The summed E-state index contributed by atoms with van der Waals surface area (Å²) in [5.41, 5.74) is 1.51. The van der Waals surface area contributed by atoms with Gasteiger partial charge in [0.25, 0.3) is 0 Å². The smallest absolute Gasteiger partial charge is 0.0902 e. The highest BCUT2D eigenvalue weighted by Gasteiger charge is 2.48. The summed E-state index contributed by atoms with van der Waals surface area (Å²) in [6.45, 7) is 1.93. The van der Waals surface area contributed by atoms with E-state index in [1.807, 2.05) is 55.5 Å². The molecule has 2 aromatic rings. The number of hydrogen-bond donors (Lipinski definition) is 1. The molecule has 3 unspecified atom stereocenters. The minimum atomic E-state index is -0.729. The Balaban J connectivity index is 1.68. The van der Waals surface area contributed by atoms with Crippen LogP contribution in [0.2, 0.25) is 0 Å². The van der Waals surface area contributed by atoms with Crippen molar-refractivity contribution in [3.8, 4) is 0 Å². The Kier molecular flexibility index (Phi) is 3.45. The zero-order chi connectivity index (χ0) is 14.0. The van der Waals surface area contributed by atoms with Crippen LogP contribution in [0.4, 0.5) is 0 Å². The molecule has 0 radical (unpaired) electrons. The Labute approximate surface area is 120 Å². The molecule has 1 aliphatic carbocycles. The molecule has 1 saturated carbocycles. The molecule has 3 atom stereocenters. The van der Waals surface area contributed by atoms with Crippen LogP contribution >= 0.6 is 0 Å². The lowest BCUT2D eigenvalue weighted by Gasteiger charge is -2.24. The summed E-state index contributed by atoms with van der Waals surface area (Å²) in [5.74, 6) is 0.801. The van der Waals surface area contributed by atoms with E-state index >= 15 is 0 Å². The minimum Gasteiger partial charge on any atom is -0.385 e. The number of aliphatic hydroxyl groups is 1. The maximum Gasteiger partial charge on any atom is 0.0902 e. The van der Waals surface area contributed by atoms with Crippen LogP contribution in [-0.4, -0.2) is 5.11 Å². The van der Waals surface area contributed by atoms with E-state index in [-0.39, 0.29) is 0 Å². The van der Waals surface area contributed by atoms with E-state index in [9.17, 15) is 5.11 Å². The van der Waals surface area contributed by atoms with Crippen LogP contribution in [0.1, 0.15) is 24.5 Å². The van der Waals surface area contributed by atoms with Crippen LogP contribution in [0.15, 0.2) is 66.7 Å². The number of rotatable bonds is 4. The Morgan fingerprint density at radius 3 is 2.25 bits per heavy atom. The molecule has 0 aliphatic heterocycles. The van der Waals surface area contributed by atoms with E-state index in [0.29, 0.717) is 11.8 Å². The van der Waals surface area contributed by atoms with Gasteiger partial charge in [-0.05, 0) is 36.3 Å². The van der Waals surface area contributed by atoms with Gasteiger partial charge in [0.05, 0.1) is 5.60 Å². The molecule has 1 aliphatic rings. The molecule has 3 rings (SSSR count). The standard InChI is InChI=1S/C19H20O/c1-19(20,17-10-6-3-7-11-17)18-14-16(18)13-12-15-8-4-2-5-9-15/h2-13,16,18,20H,14H2,1H3/b13-12+. The van der Waals surface area contributed by atoms with Gasteiger partial charge >= 0.3 is 0 Å². The first-order valence-corrected chi connectivity index (χ1v) is 7.19. The van der Waals surface area contributed by atoms with Gasteiger partial charge in [-0.2, -0.15) is 0 Å². The van der Waals surface area contributed by atoms with Gasteiger partial charge in [0.2, 0.25) is 0 Å². The molecule has 0 amide bonds. The molecule has 1 fully saturated rings. The fourth-order valence-corrected chi connectivity index (χ4v) is 2.86. The second-order valence-corrected chi connectivity index (χ2v) is 5.79. The van der Waals surface area contributed by atoms with Crippen LogP contribution in [-0.2, 0) is 5.60 Å². The predicted molar refractivity (Wildman–Crippen MR) is 83.1 cm³/mol. The topological polar surface area (TPSA) is 20.2 Å². The first-order valence-electron chi connectivity index (χ1n) is 7.19. The zero-order valence-corrected chi connectivity index (χ0v) is 11.7. The van der Waals surface area contributed by atoms with Crippen molar-refractivity contribution in [1.29, 1.82) is 0 Å². The first kappa shape index (κ1) is 13.1. The highest BCUT2D eigenvalue weighted by atomic mass is 16.3. The van der Waals surface area contributed by atoms with Crippen LogP contribution in [0.25, 0.3) is 6.08 Å². The molecule has 0 bridgehead atoms. The van der Waals surface area contributed by atoms with E-state index in [0.717, 1.165) is 12.0 Å². The molecule has 2 aromatic carbocycles. The molecular weight excluding hydrogens is 244 g/mol. The van der Waals surface area contributed by atoms with Gasteiger partial charge in [0, 0.05) is 0 Å². The number of hydrogen-bond acceptors (Lipinski definition) is 1. The average molecular weight is 264 g/mol. The summed E-state index contributed by atoms with van der Waals surface area (Å²) < 4.78 is 0. The molecule has 1 N–H and O–H groups in total. The maximum absolute atomic E-state index is 10.8. The van der Waals surface area contributed by atoms with Gasteiger partial charge in [0.15, 0.2) is 0 Å². The molecule has 0 heterocycles. The van der Waals surface area contributed by atoms with E-state index in [2.05, 4.69) is 24.3 Å². The van der Waals surface area contributed by atoms with Gasteiger partial charge < -0.3 is 5.11 Å². The lowest BCUT2D eigenvalue weighted by Crippen LogP contribution is -2.24. The lowest BCUT2D eigenvalue weighted by atomic mass is 9.90.